The van der Waals surface area contributed by atoms with Gasteiger partial charge >= 0.3 is 0 Å². The number of rotatable bonds is 5. The number of thioether (sulfide) groups is 1. The van der Waals surface area contributed by atoms with Gasteiger partial charge < -0.3 is 20.5 Å². The number of amides is 1. The van der Waals surface area contributed by atoms with Crippen LogP contribution in [0.1, 0.15) is 29.6 Å². The molecule has 2 atom stereocenters. The van der Waals surface area contributed by atoms with E-state index in [1.54, 1.807) is 19.2 Å². The SMILES string of the molecule is COc1cc(OC)c(N)c(C(=O)NC2CCC(SC)C2)c1. The van der Waals surface area contributed by atoms with Gasteiger partial charge in [-0.15, -0.1) is 0 Å². The monoisotopic (exact) mass is 310 g/mol. The van der Waals surface area contributed by atoms with E-state index in [1.165, 1.54) is 7.11 Å². The van der Waals surface area contributed by atoms with E-state index >= 15 is 0 Å². The number of nitrogen functional groups attached to an aromatic ring is 1. The molecular weight excluding hydrogens is 288 g/mol. The summed E-state index contributed by atoms with van der Waals surface area (Å²) in [6, 6.07) is 3.53. The molecule has 1 aliphatic carbocycles. The van der Waals surface area contributed by atoms with Crippen molar-refractivity contribution in [3.05, 3.63) is 17.7 Å². The van der Waals surface area contributed by atoms with Crippen molar-refractivity contribution in [2.75, 3.05) is 26.2 Å². The molecule has 3 N–H and O–H groups in total. The van der Waals surface area contributed by atoms with Crippen LogP contribution in [0.15, 0.2) is 12.1 Å². The van der Waals surface area contributed by atoms with E-state index in [9.17, 15) is 4.79 Å². The molecule has 5 nitrogen and oxygen atoms in total. The molecule has 116 valence electrons. The van der Waals surface area contributed by atoms with Crippen LogP contribution in [0.2, 0.25) is 0 Å². The van der Waals surface area contributed by atoms with Gasteiger partial charge in [0.25, 0.3) is 5.91 Å². The Labute approximate surface area is 129 Å². The van der Waals surface area contributed by atoms with Crippen molar-refractivity contribution in [1.82, 2.24) is 5.32 Å². The van der Waals surface area contributed by atoms with Gasteiger partial charge in [-0.2, -0.15) is 11.8 Å². The Kier molecular flexibility index (Phi) is 5.22. The molecule has 0 aliphatic heterocycles. The van der Waals surface area contributed by atoms with Crippen LogP contribution in [0.4, 0.5) is 5.69 Å². The van der Waals surface area contributed by atoms with Crippen molar-refractivity contribution in [3.8, 4) is 11.5 Å². The third-order valence-electron chi connectivity index (χ3n) is 3.87. The molecule has 1 fully saturated rings. The van der Waals surface area contributed by atoms with Crippen LogP contribution in [0.5, 0.6) is 11.5 Å². The van der Waals surface area contributed by atoms with Gasteiger partial charge in [-0.05, 0) is 31.6 Å². The van der Waals surface area contributed by atoms with E-state index < -0.39 is 0 Å². The molecule has 0 saturated heterocycles. The number of nitrogens with one attached hydrogen (secondary N) is 1. The molecule has 21 heavy (non-hydrogen) atoms. The number of ether oxygens (including phenoxy) is 2. The third kappa shape index (κ3) is 3.56. The first-order chi connectivity index (χ1) is 10.1. The van der Waals surface area contributed by atoms with E-state index in [1.807, 2.05) is 11.8 Å². The number of nitrogens with two attached hydrogens (primary N) is 1. The normalized spacial score (nSPS) is 21.1. The summed E-state index contributed by atoms with van der Waals surface area (Å²) in [6.07, 6.45) is 5.27. The topological polar surface area (TPSA) is 73.6 Å². The summed E-state index contributed by atoms with van der Waals surface area (Å²) in [4.78, 5) is 12.4. The molecule has 0 aromatic heterocycles. The summed E-state index contributed by atoms with van der Waals surface area (Å²) in [7, 11) is 3.07. The van der Waals surface area contributed by atoms with Crippen LogP contribution in [0, 0.1) is 0 Å². The second-order valence-corrected chi connectivity index (χ2v) is 6.27. The Morgan fingerprint density at radius 2 is 2.10 bits per heavy atom. The van der Waals surface area contributed by atoms with Gasteiger partial charge in [-0.1, -0.05) is 0 Å². The van der Waals surface area contributed by atoms with Crippen molar-refractivity contribution >= 4 is 23.4 Å². The number of hydrogen-bond donors (Lipinski definition) is 2. The van der Waals surface area contributed by atoms with Crippen molar-refractivity contribution in [1.29, 1.82) is 0 Å². The molecule has 0 heterocycles. The van der Waals surface area contributed by atoms with Crippen LogP contribution in [0.3, 0.4) is 0 Å². The van der Waals surface area contributed by atoms with Crippen molar-refractivity contribution < 1.29 is 14.3 Å². The maximum atomic E-state index is 12.4. The van der Waals surface area contributed by atoms with Crippen molar-refractivity contribution in [3.63, 3.8) is 0 Å². The van der Waals surface area contributed by atoms with Crippen molar-refractivity contribution in [2.45, 2.75) is 30.6 Å². The number of carbonyl (C=O) groups excluding carboxylic acids is 1. The number of hydrogen-bond acceptors (Lipinski definition) is 5. The van der Waals surface area contributed by atoms with Gasteiger partial charge in [0, 0.05) is 17.4 Å². The largest absolute Gasteiger partial charge is 0.497 e. The maximum Gasteiger partial charge on any atom is 0.253 e. The number of carbonyl (C=O) groups is 1. The fourth-order valence-corrected chi connectivity index (χ4v) is 3.42. The quantitative estimate of drug-likeness (QED) is 0.816. The lowest BCUT2D eigenvalue weighted by Gasteiger charge is -2.16. The van der Waals surface area contributed by atoms with Gasteiger partial charge in [-0.25, -0.2) is 0 Å². The Morgan fingerprint density at radius 3 is 2.67 bits per heavy atom. The molecule has 0 spiro atoms. The molecule has 0 bridgehead atoms. The Balaban J connectivity index is 2.15. The molecule has 2 rings (SSSR count). The Bertz CT molecular complexity index is 522. The highest BCUT2D eigenvalue weighted by Crippen LogP contribution is 2.32. The van der Waals surface area contributed by atoms with Gasteiger partial charge in [0.05, 0.1) is 25.5 Å². The lowest BCUT2D eigenvalue weighted by molar-refractivity contribution is 0.0938. The van der Waals surface area contributed by atoms with Gasteiger partial charge in [0.1, 0.15) is 11.5 Å². The Hall–Kier alpha value is -1.56. The fourth-order valence-electron chi connectivity index (χ4n) is 2.62. The molecule has 1 aromatic carbocycles. The molecule has 1 amide bonds. The molecule has 0 radical (unpaired) electrons. The zero-order valence-corrected chi connectivity index (χ0v) is 13.5. The average molecular weight is 310 g/mol. The minimum absolute atomic E-state index is 0.170. The van der Waals surface area contributed by atoms with E-state index in [-0.39, 0.29) is 11.9 Å². The molecule has 1 aromatic rings. The molecule has 1 aliphatic rings. The first-order valence-corrected chi connectivity index (χ1v) is 8.23. The molecular formula is C15H22N2O3S. The minimum Gasteiger partial charge on any atom is -0.497 e. The standard InChI is InChI=1S/C15H22N2O3S/c1-19-10-7-12(14(16)13(8-10)20-2)15(18)17-9-4-5-11(6-9)21-3/h7-9,11H,4-6,16H2,1-3H3,(H,17,18). The zero-order valence-electron chi connectivity index (χ0n) is 12.6. The summed E-state index contributed by atoms with van der Waals surface area (Å²) in [5.41, 5.74) is 6.75. The Morgan fingerprint density at radius 1 is 1.33 bits per heavy atom. The van der Waals surface area contributed by atoms with Crippen LogP contribution in [-0.2, 0) is 0 Å². The predicted octanol–water partition coefficient (Wildman–Crippen LogP) is 2.30. The lowest BCUT2D eigenvalue weighted by Crippen LogP contribution is -2.33. The van der Waals surface area contributed by atoms with E-state index in [0.717, 1.165) is 19.3 Å². The lowest BCUT2D eigenvalue weighted by atomic mass is 10.1. The van der Waals surface area contributed by atoms with Gasteiger partial charge in [0.2, 0.25) is 0 Å². The highest BCUT2D eigenvalue weighted by molar-refractivity contribution is 7.99. The van der Waals surface area contributed by atoms with E-state index in [4.69, 9.17) is 15.2 Å². The first kappa shape index (κ1) is 15.8. The average Bonchev–Trinajstić information content (AvgIpc) is 2.95. The van der Waals surface area contributed by atoms with Crippen molar-refractivity contribution in [2.24, 2.45) is 0 Å². The third-order valence-corrected chi connectivity index (χ3v) is 4.96. The summed E-state index contributed by atoms with van der Waals surface area (Å²) in [6.45, 7) is 0. The number of benzene rings is 1. The highest BCUT2D eigenvalue weighted by atomic mass is 32.2. The molecule has 1 saturated carbocycles. The minimum atomic E-state index is -0.170. The molecule has 2 unspecified atom stereocenters. The summed E-state index contributed by atoms with van der Waals surface area (Å²) >= 11 is 1.86. The van der Waals surface area contributed by atoms with Crippen LogP contribution in [-0.4, -0.2) is 37.7 Å². The smallest absolute Gasteiger partial charge is 0.253 e. The second-order valence-electron chi connectivity index (χ2n) is 5.13. The van der Waals surface area contributed by atoms with Crippen LogP contribution in [0.25, 0.3) is 0 Å². The summed E-state index contributed by atoms with van der Waals surface area (Å²) in [5, 5.41) is 3.69. The zero-order chi connectivity index (χ0) is 15.4. The molecule has 6 heteroatoms. The maximum absolute atomic E-state index is 12.4. The van der Waals surface area contributed by atoms with Crippen LogP contribution < -0.4 is 20.5 Å². The fraction of sp³-hybridized carbons (Fsp3) is 0.533. The van der Waals surface area contributed by atoms with E-state index in [0.29, 0.717) is 28.0 Å². The summed E-state index contributed by atoms with van der Waals surface area (Å²) < 4.78 is 10.4. The second kappa shape index (κ2) is 6.93. The van der Waals surface area contributed by atoms with Gasteiger partial charge in [0.15, 0.2) is 0 Å². The number of anilines is 1. The number of methoxy groups -OCH3 is 2. The summed E-state index contributed by atoms with van der Waals surface area (Å²) in [5.74, 6) is 0.837. The predicted molar refractivity (Wildman–Crippen MR) is 86.4 cm³/mol. The highest BCUT2D eigenvalue weighted by Gasteiger charge is 2.26. The van der Waals surface area contributed by atoms with E-state index in [2.05, 4.69) is 11.6 Å². The van der Waals surface area contributed by atoms with Crippen LogP contribution >= 0.6 is 11.8 Å². The van der Waals surface area contributed by atoms with Gasteiger partial charge in [-0.3, -0.25) is 4.79 Å². The first-order valence-electron chi connectivity index (χ1n) is 6.94.